The van der Waals surface area contributed by atoms with Gasteiger partial charge >= 0.3 is 5.69 Å². The maximum absolute atomic E-state index is 13.9. The molecule has 0 aliphatic heterocycles. The van der Waals surface area contributed by atoms with Gasteiger partial charge in [0.1, 0.15) is 23.5 Å². The Bertz CT molecular complexity index is 1260. The Hall–Kier alpha value is -3.40. The highest BCUT2D eigenvalue weighted by Crippen LogP contribution is 2.20. The summed E-state index contributed by atoms with van der Waals surface area (Å²) >= 11 is 0. The molecule has 3 aromatic rings. The third-order valence-corrected chi connectivity index (χ3v) is 4.67. The van der Waals surface area contributed by atoms with Crippen molar-refractivity contribution in [2.24, 2.45) is 0 Å². The van der Waals surface area contributed by atoms with Gasteiger partial charge in [0.15, 0.2) is 0 Å². The Morgan fingerprint density at radius 3 is 2.42 bits per heavy atom. The lowest BCUT2D eigenvalue weighted by atomic mass is 9.98. The van der Waals surface area contributed by atoms with Crippen LogP contribution in [0.4, 0.5) is 13.2 Å². The second kappa shape index (κ2) is 8.38. The molecule has 0 fully saturated rings. The molecular weight excluding hydrogens is 415 g/mol. The highest BCUT2D eigenvalue weighted by molar-refractivity contribution is 5.82. The number of benzene rings is 2. The quantitative estimate of drug-likeness (QED) is 0.552. The number of hydrogen-bond donors (Lipinski definition) is 3. The summed E-state index contributed by atoms with van der Waals surface area (Å²) in [6.45, 7) is 2.42. The van der Waals surface area contributed by atoms with Crippen molar-refractivity contribution in [2.75, 3.05) is 0 Å². The zero-order chi connectivity index (χ0) is 22.9. The van der Waals surface area contributed by atoms with Crippen LogP contribution in [-0.2, 0) is 11.3 Å². The van der Waals surface area contributed by atoms with Crippen LogP contribution in [0.2, 0.25) is 0 Å². The van der Waals surface area contributed by atoms with Gasteiger partial charge in [-0.3, -0.25) is 9.59 Å². The van der Waals surface area contributed by atoms with E-state index < -0.39 is 46.3 Å². The Balaban J connectivity index is 2.02. The molecule has 1 amide bonds. The Kier molecular flexibility index (Phi) is 6.03. The van der Waals surface area contributed by atoms with E-state index in [1.807, 2.05) is 0 Å². The second-order valence-corrected chi connectivity index (χ2v) is 7.78. The first kappa shape index (κ1) is 22.3. The lowest BCUT2D eigenvalue weighted by Crippen LogP contribution is -2.46. The van der Waals surface area contributed by atoms with Crippen molar-refractivity contribution in [3.8, 4) is 0 Å². The summed E-state index contributed by atoms with van der Waals surface area (Å²) in [6.07, 6.45) is -0.339. The zero-order valence-corrected chi connectivity index (χ0v) is 16.7. The summed E-state index contributed by atoms with van der Waals surface area (Å²) in [5, 5.41) is 12.5. The summed E-state index contributed by atoms with van der Waals surface area (Å²) in [7, 11) is 0. The van der Waals surface area contributed by atoms with Gasteiger partial charge < -0.3 is 15.4 Å². The van der Waals surface area contributed by atoms with Gasteiger partial charge in [-0.05, 0) is 38.1 Å². The SMILES string of the molecule is CC(C)(O)CC(C(=O)NCc1ccc(F)cc1F)n1c(=O)[nH]c2ccc(F)cc2c1=O. The van der Waals surface area contributed by atoms with Crippen molar-refractivity contribution in [2.45, 2.75) is 38.5 Å². The van der Waals surface area contributed by atoms with Gasteiger partial charge in [-0.25, -0.2) is 22.5 Å². The smallest absolute Gasteiger partial charge is 0.329 e. The molecular formula is C21H20F3N3O4. The Labute approximate surface area is 174 Å². The number of H-pyrrole nitrogens is 1. The van der Waals surface area contributed by atoms with Crippen molar-refractivity contribution < 1.29 is 23.1 Å². The largest absolute Gasteiger partial charge is 0.390 e. The minimum atomic E-state index is -1.48. The molecule has 7 nitrogen and oxygen atoms in total. The molecule has 10 heteroatoms. The zero-order valence-electron chi connectivity index (χ0n) is 16.7. The van der Waals surface area contributed by atoms with Crippen LogP contribution in [0.3, 0.4) is 0 Å². The van der Waals surface area contributed by atoms with E-state index in [1.165, 1.54) is 19.9 Å². The minimum absolute atomic E-state index is 0.0152. The third kappa shape index (κ3) is 5.02. The van der Waals surface area contributed by atoms with Crippen LogP contribution in [0, 0.1) is 17.5 Å². The first-order valence-corrected chi connectivity index (χ1v) is 9.34. The van der Waals surface area contributed by atoms with E-state index in [2.05, 4.69) is 10.3 Å². The molecule has 1 atom stereocenters. The molecule has 31 heavy (non-hydrogen) atoms. The maximum Gasteiger partial charge on any atom is 0.329 e. The molecule has 1 heterocycles. The van der Waals surface area contributed by atoms with Crippen LogP contribution in [0.5, 0.6) is 0 Å². The summed E-state index contributed by atoms with van der Waals surface area (Å²) in [5.41, 5.74) is -3.24. The van der Waals surface area contributed by atoms with E-state index in [1.54, 1.807) is 0 Å². The number of hydrogen-bond acceptors (Lipinski definition) is 4. The van der Waals surface area contributed by atoms with Gasteiger partial charge in [0.25, 0.3) is 5.56 Å². The third-order valence-electron chi connectivity index (χ3n) is 4.67. The predicted octanol–water partition coefficient (Wildman–Crippen LogP) is 2.13. The molecule has 3 N–H and O–H groups in total. The Morgan fingerprint density at radius 2 is 1.77 bits per heavy atom. The highest BCUT2D eigenvalue weighted by Gasteiger charge is 2.30. The number of halogens is 3. The van der Waals surface area contributed by atoms with E-state index in [9.17, 15) is 32.7 Å². The normalized spacial score (nSPS) is 12.7. The first-order chi connectivity index (χ1) is 14.5. The lowest BCUT2D eigenvalue weighted by molar-refractivity contribution is -0.126. The molecule has 0 aliphatic carbocycles. The van der Waals surface area contributed by atoms with Crippen molar-refractivity contribution in [3.63, 3.8) is 0 Å². The van der Waals surface area contributed by atoms with Crippen LogP contribution >= 0.6 is 0 Å². The van der Waals surface area contributed by atoms with Gasteiger partial charge in [0, 0.05) is 24.6 Å². The van der Waals surface area contributed by atoms with Crippen molar-refractivity contribution in [1.29, 1.82) is 0 Å². The number of aromatic amines is 1. The summed E-state index contributed by atoms with van der Waals surface area (Å²) < 4.78 is 41.2. The molecule has 0 radical (unpaired) electrons. The predicted molar refractivity (Wildman–Crippen MR) is 107 cm³/mol. The van der Waals surface area contributed by atoms with Crippen molar-refractivity contribution >= 4 is 16.8 Å². The number of aliphatic hydroxyl groups is 1. The maximum atomic E-state index is 13.9. The summed E-state index contributed by atoms with van der Waals surface area (Å²) in [6, 6.07) is 4.56. The molecule has 3 rings (SSSR count). The Morgan fingerprint density at radius 1 is 1.13 bits per heavy atom. The number of rotatable bonds is 6. The number of aromatic nitrogens is 2. The number of nitrogens with one attached hydrogen (secondary N) is 2. The van der Waals surface area contributed by atoms with E-state index in [-0.39, 0.29) is 29.4 Å². The second-order valence-electron chi connectivity index (χ2n) is 7.78. The standard InChI is InChI=1S/C21H20F3N3O4/c1-21(2,31)9-17(18(28)25-10-11-3-4-13(23)8-15(11)24)27-19(29)14-7-12(22)5-6-16(14)26-20(27)30/h3-8,17,31H,9-10H2,1-2H3,(H,25,28)(H,26,30). The van der Waals surface area contributed by atoms with Gasteiger partial charge in [0.2, 0.25) is 5.91 Å². The van der Waals surface area contributed by atoms with Crippen molar-refractivity contribution in [1.82, 2.24) is 14.9 Å². The molecule has 0 bridgehead atoms. The van der Waals surface area contributed by atoms with E-state index in [0.717, 1.165) is 24.3 Å². The van der Waals surface area contributed by atoms with Gasteiger partial charge in [-0.15, -0.1) is 0 Å². The molecule has 164 valence electrons. The fourth-order valence-corrected chi connectivity index (χ4v) is 3.22. The number of carbonyl (C=O) groups excluding carboxylic acids is 1. The number of amides is 1. The van der Waals surface area contributed by atoms with E-state index in [4.69, 9.17) is 0 Å². The van der Waals surface area contributed by atoms with Gasteiger partial charge in [-0.2, -0.15) is 0 Å². The first-order valence-electron chi connectivity index (χ1n) is 9.34. The summed E-state index contributed by atoms with van der Waals surface area (Å²) in [5.74, 6) is -3.22. The van der Waals surface area contributed by atoms with Crippen LogP contribution in [0.1, 0.15) is 31.9 Å². The summed E-state index contributed by atoms with van der Waals surface area (Å²) in [4.78, 5) is 40.8. The van der Waals surface area contributed by atoms with Gasteiger partial charge in [-0.1, -0.05) is 6.07 Å². The highest BCUT2D eigenvalue weighted by atomic mass is 19.1. The fraction of sp³-hybridized carbons (Fsp3) is 0.286. The van der Waals surface area contributed by atoms with E-state index in [0.29, 0.717) is 10.6 Å². The number of fused-ring (bicyclic) bond motifs is 1. The molecule has 1 aromatic heterocycles. The molecule has 0 aliphatic rings. The molecule has 2 aromatic carbocycles. The van der Waals surface area contributed by atoms with Crippen LogP contribution in [0.25, 0.3) is 10.9 Å². The van der Waals surface area contributed by atoms with Crippen LogP contribution < -0.4 is 16.6 Å². The molecule has 0 spiro atoms. The minimum Gasteiger partial charge on any atom is -0.390 e. The number of nitrogens with zero attached hydrogens (tertiary/aromatic N) is 1. The average molecular weight is 435 g/mol. The van der Waals surface area contributed by atoms with Gasteiger partial charge in [0.05, 0.1) is 16.5 Å². The average Bonchev–Trinajstić information content (AvgIpc) is 2.66. The molecule has 0 saturated heterocycles. The number of carbonyl (C=O) groups is 1. The van der Waals surface area contributed by atoms with Crippen LogP contribution in [0.15, 0.2) is 46.0 Å². The lowest BCUT2D eigenvalue weighted by Gasteiger charge is -2.25. The van der Waals surface area contributed by atoms with E-state index >= 15 is 0 Å². The van der Waals surface area contributed by atoms with Crippen LogP contribution in [-0.4, -0.2) is 26.2 Å². The fourth-order valence-electron chi connectivity index (χ4n) is 3.22. The molecule has 0 saturated carbocycles. The monoisotopic (exact) mass is 435 g/mol. The van der Waals surface area contributed by atoms with Crippen molar-refractivity contribution in [3.05, 3.63) is 80.3 Å². The molecule has 1 unspecified atom stereocenters. The topological polar surface area (TPSA) is 104 Å².